The van der Waals surface area contributed by atoms with Crippen LogP contribution in [0.25, 0.3) is 0 Å². The van der Waals surface area contributed by atoms with Crippen molar-refractivity contribution in [2.24, 2.45) is 5.10 Å². The van der Waals surface area contributed by atoms with E-state index >= 15 is 0 Å². The number of nitrogens with one attached hydrogen (secondary N) is 1. The number of rotatable bonds is 6. The molecule has 0 fully saturated rings. The first kappa shape index (κ1) is 16.5. The predicted molar refractivity (Wildman–Crippen MR) is 91.4 cm³/mol. The molecule has 1 aromatic carbocycles. The van der Waals surface area contributed by atoms with E-state index in [1.165, 1.54) is 11.8 Å². The minimum atomic E-state index is -0.194. The van der Waals surface area contributed by atoms with E-state index in [0.717, 1.165) is 15.1 Å². The minimum Gasteiger partial charge on any atom is -0.496 e. The fraction of sp³-hybridized carbons (Fsp3) is 0.133. The zero-order valence-corrected chi connectivity index (χ0v) is 14.2. The van der Waals surface area contributed by atoms with Gasteiger partial charge >= 0.3 is 0 Å². The highest BCUT2D eigenvalue weighted by Gasteiger charge is 2.03. The number of hydrogen-bond donors (Lipinski definition) is 1. The Morgan fingerprint density at radius 1 is 1.45 bits per heavy atom. The first-order valence-corrected chi connectivity index (χ1v) is 8.16. The molecule has 2 aromatic rings. The van der Waals surface area contributed by atoms with E-state index in [1.54, 1.807) is 19.5 Å². The van der Waals surface area contributed by atoms with Gasteiger partial charge in [-0.3, -0.25) is 4.79 Å². The zero-order chi connectivity index (χ0) is 15.8. The van der Waals surface area contributed by atoms with E-state index in [0.29, 0.717) is 5.75 Å². The highest BCUT2D eigenvalue weighted by Crippen LogP contribution is 2.21. The molecular formula is C15H14BrN3O2S. The third kappa shape index (κ3) is 5.16. The normalized spacial score (nSPS) is 10.6. The summed E-state index contributed by atoms with van der Waals surface area (Å²) in [6.07, 6.45) is 3.24. The highest BCUT2D eigenvalue weighted by molar-refractivity contribution is 9.10. The number of methoxy groups -OCH3 is 1. The van der Waals surface area contributed by atoms with E-state index in [-0.39, 0.29) is 11.7 Å². The van der Waals surface area contributed by atoms with Crippen LogP contribution in [-0.2, 0) is 4.79 Å². The second kappa shape index (κ2) is 8.55. The van der Waals surface area contributed by atoms with Crippen LogP contribution in [0.15, 0.2) is 57.2 Å². The fourth-order valence-corrected chi connectivity index (χ4v) is 2.62. The van der Waals surface area contributed by atoms with Crippen LogP contribution in [0.4, 0.5) is 0 Å². The summed E-state index contributed by atoms with van der Waals surface area (Å²) >= 11 is 4.74. The lowest BCUT2D eigenvalue weighted by Crippen LogP contribution is -2.19. The number of carbonyl (C=O) groups excluding carboxylic acids is 1. The second-order valence-electron chi connectivity index (χ2n) is 4.14. The van der Waals surface area contributed by atoms with Crippen molar-refractivity contribution in [3.05, 3.63) is 52.6 Å². The molecule has 0 aliphatic carbocycles. The van der Waals surface area contributed by atoms with Crippen molar-refractivity contribution in [1.82, 2.24) is 10.4 Å². The molecule has 22 heavy (non-hydrogen) atoms. The average Bonchev–Trinajstić information content (AvgIpc) is 2.54. The number of amides is 1. The summed E-state index contributed by atoms with van der Waals surface area (Å²) in [5.41, 5.74) is 3.26. The third-order valence-corrected chi connectivity index (χ3v) is 4.01. The van der Waals surface area contributed by atoms with E-state index in [9.17, 15) is 4.79 Å². The number of carbonyl (C=O) groups is 1. The van der Waals surface area contributed by atoms with Crippen molar-refractivity contribution >= 4 is 39.8 Å². The Morgan fingerprint density at radius 2 is 2.32 bits per heavy atom. The zero-order valence-electron chi connectivity index (χ0n) is 11.8. The standard InChI is InChI=1S/C15H14BrN3O2S/c1-21-13-6-5-12(16)8-11(13)9-18-19-14(20)10-22-15-4-2-3-7-17-15/h2-9H,10H2,1H3,(H,19,20)/b18-9+. The molecule has 0 bridgehead atoms. The lowest BCUT2D eigenvalue weighted by molar-refractivity contribution is -0.118. The van der Waals surface area contributed by atoms with Crippen LogP contribution in [0.1, 0.15) is 5.56 Å². The Labute approximate surface area is 141 Å². The summed E-state index contributed by atoms with van der Waals surface area (Å²) < 4.78 is 6.14. The molecule has 0 radical (unpaired) electrons. The Kier molecular flexibility index (Phi) is 6.42. The van der Waals surface area contributed by atoms with Crippen molar-refractivity contribution in [1.29, 1.82) is 0 Å². The molecular weight excluding hydrogens is 366 g/mol. The second-order valence-corrected chi connectivity index (χ2v) is 6.05. The van der Waals surface area contributed by atoms with Crippen molar-refractivity contribution in [3.63, 3.8) is 0 Å². The van der Waals surface area contributed by atoms with Crippen LogP contribution in [0.5, 0.6) is 5.75 Å². The maximum Gasteiger partial charge on any atom is 0.250 e. The monoisotopic (exact) mass is 379 g/mol. The summed E-state index contributed by atoms with van der Waals surface area (Å²) in [7, 11) is 1.59. The third-order valence-electron chi connectivity index (χ3n) is 2.57. The summed E-state index contributed by atoms with van der Waals surface area (Å²) in [6, 6.07) is 11.1. The van der Waals surface area contributed by atoms with Crippen molar-refractivity contribution in [2.75, 3.05) is 12.9 Å². The van der Waals surface area contributed by atoms with E-state index < -0.39 is 0 Å². The van der Waals surface area contributed by atoms with Gasteiger partial charge < -0.3 is 4.74 Å². The largest absolute Gasteiger partial charge is 0.496 e. The Bertz CT molecular complexity index is 665. The van der Waals surface area contributed by atoms with Gasteiger partial charge in [-0.15, -0.1) is 0 Å². The number of ether oxygens (including phenoxy) is 1. The fourth-order valence-electron chi connectivity index (χ4n) is 1.58. The number of thioether (sulfide) groups is 1. The molecule has 0 saturated carbocycles. The topological polar surface area (TPSA) is 63.6 Å². The van der Waals surface area contributed by atoms with Crippen LogP contribution in [0.2, 0.25) is 0 Å². The minimum absolute atomic E-state index is 0.194. The van der Waals surface area contributed by atoms with E-state index in [4.69, 9.17) is 4.74 Å². The molecule has 0 aliphatic rings. The summed E-state index contributed by atoms with van der Waals surface area (Å²) in [4.78, 5) is 15.8. The summed E-state index contributed by atoms with van der Waals surface area (Å²) in [5.74, 6) is 0.745. The molecule has 1 heterocycles. The first-order chi connectivity index (χ1) is 10.7. The molecule has 1 aromatic heterocycles. The molecule has 0 saturated heterocycles. The maximum absolute atomic E-state index is 11.7. The van der Waals surface area contributed by atoms with Crippen LogP contribution in [0.3, 0.4) is 0 Å². The molecule has 7 heteroatoms. The van der Waals surface area contributed by atoms with Gasteiger partial charge in [0.05, 0.1) is 24.1 Å². The average molecular weight is 380 g/mol. The van der Waals surface area contributed by atoms with Gasteiger partial charge in [0.25, 0.3) is 0 Å². The number of hydrogen-bond acceptors (Lipinski definition) is 5. The summed E-state index contributed by atoms with van der Waals surface area (Å²) in [6.45, 7) is 0. The van der Waals surface area contributed by atoms with Gasteiger partial charge in [0.1, 0.15) is 5.75 Å². The number of pyridine rings is 1. The Morgan fingerprint density at radius 3 is 3.05 bits per heavy atom. The predicted octanol–water partition coefficient (Wildman–Crippen LogP) is 3.10. The van der Waals surface area contributed by atoms with Crippen molar-refractivity contribution in [2.45, 2.75) is 5.03 Å². The highest BCUT2D eigenvalue weighted by atomic mass is 79.9. The number of halogens is 1. The van der Waals surface area contributed by atoms with E-state index in [2.05, 4.69) is 31.4 Å². The van der Waals surface area contributed by atoms with Crippen LogP contribution in [-0.4, -0.2) is 30.0 Å². The molecule has 114 valence electrons. The van der Waals surface area contributed by atoms with Gasteiger partial charge in [-0.2, -0.15) is 5.10 Å². The number of nitrogens with zero attached hydrogens (tertiary/aromatic N) is 2. The Hall–Kier alpha value is -1.86. The molecule has 1 amide bonds. The lowest BCUT2D eigenvalue weighted by Gasteiger charge is -2.04. The van der Waals surface area contributed by atoms with Gasteiger partial charge in [0.2, 0.25) is 5.91 Å². The molecule has 0 aliphatic heterocycles. The number of hydrazone groups is 1. The molecule has 1 N–H and O–H groups in total. The van der Waals surface area contributed by atoms with Crippen molar-refractivity contribution in [3.8, 4) is 5.75 Å². The van der Waals surface area contributed by atoms with Gasteiger partial charge in [0, 0.05) is 16.2 Å². The molecule has 0 atom stereocenters. The van der Waals surface area contributed by atoms with Gasteiger partial charge in [-0.1, -0.05) is 33.8 Å². The SMILES string of the molecule is COc1ccc(Br)cc1/C=N/NC(=O)CSc1ccccn1. The summed E-state index contributed by atoms with van der Waals surface area (Å²) in [5, 5.41) is 4.75. The Balaban J connectivity index is 1.87. The van der Waals surface area contributed by atoms with Gasteiger partial charge in [0.15, 0.2) is 0 Å². The molecule has 0 unspecified atom stereocenters. The van der Waals surface area contributed by atoms with Gasteiger partial charge in [-0.25, -0.2) is 10.4 Å². The molecule has 2 rings (SSSR count). The van der Waals surface area contributed by atoms with Crippen LogP contribution < -0.4 is 10.2 Å². The maximum atomic E-state index is 11.7. The van der Waals surface area contributed by atoms with Gasteiger partial charge in [-0.05, 0) is 30.3 Å². The first-order valence-electron chi connectivity index (χ1n) is 6.38. The molecule has 5 nitrogen and oxygen atoms in total. The van der Waals surface area contributed by atoms with Crippen LogP contribution in [0, 0.1) is 0 Å². The molecule has 0 spiro atoms. The number of benzene rings is 1. The lowest BCUT2D eigenvalue weighted by atomic mass is 10.2. The van der Waals surface area contributed by atoms with Crippen LogP contribution >= 0.6 is 27.7 Å². The smallest absolute Gasteiger partial charge is 0.250 e. The van der Waals surface area contributed by atoms with E-state index in [1.807, 2.05) is 36.4 Å². The quantitative estimate of drug-likeness (QED) is 0.475. The van der Waals surface area contributed by atoms with Crippen molar-refractivity contribution < 1.29 is 9.53 Å². The number of aromatic nitrogens is 1.